The Morgan fingerprint density at radius 2 is 2.53 bits per heavy atom. The Bertz CT molecular complexity index is 455. The molecule has 90 valence electrons. The van der Waals surface area contributed by atoms with Crippen molar-refractivity contribution in [1.29, 1.82) is 0 Å². The number of rotatable bonds is 5. The molecule has 0 aliphatic carbocycles. The highest BCUT2D eigenvalue weighted by Crippen LogP contribution is 2.23. The Kier molecular flexibility index (Phi) is 4.16. The van der Waals surface area contributed by atoms with Crippen LogP contribution in [0.3, 0.4) is 0 Å². The van der Waals surface area contributed by atoms with E-state index in [1.54, 1.807) is 35.0 Å². The van der Waals surface area contributed by atoms with Crippen molar-refractivity contribution < 1.29 is 4.79 Å². The maximum Gasteiger partial charge on any atom is 0.233 e. The second kappa shape index (κ2) is 5.83. The van der Waals surface area contributed by atoms with E-state index in [4.69, 9.17) is 0 Å². The summed E-state index contributed by atoms with van der Waals surface area (Å²) in [5.41, 5.74) is 0. The van der Waals surface area contributed by atoms with Crippen LogP contribution < -0.4 is 0 Å². The molecule has 0 unspecified atom stereocenters. The first kappa shape index (κ1) is 12.1. The second-order valence-corrected chi connectivity index (χ2v) is 5.63. The fraction of sp³-hybridized carbons (Fsp3) is 0.300. The van der Waals surface area contributed by atoms with Crippen LogP contribution >= 0.6 is 23.1 Å². The average molecular weight is 268 g/mol. The lowest BCUT2D eigenvalue weighted by molar-refractivity contribution is -0.127. The number of thiophene rings is 1. The number of aromatic nitrogens is 3. The number of carbonyl (C=O) groups is 1. The molecule has 0 atom stereocenters. The first-order chi connectivity index (χ1) is 8.25. The predicted octanol–water partition coefficient (Wildman–Crippen LogP) is 1.62. The lowest BCUT2D eigenvalue weighted by Gasteiger charge is -2.14. The van der Waals surface area contributed by atoms with Gasteiger partial charge in [-0.25, -0.2) is 4.98 Å². The molecule has 0 saturated carbocycles. The highest BCUT2D eigenvalue weighted by atomic mass is 32.2. The summed E-state index contributed by atoms with van der Waals surface area (Å²) >= 11 is 3.20. The Hall–Kier alpha value is -1.34. The Balaban J connectivity index is 1.79. The largest absolute Gasteiger partial charge is 0.338 e. The summed E-state index contributed by atoms with van der Waals surface area (Å²) in [5.74, 6) is 1.23. The molecular weight excluding hydrogens is 256 g/mol. The number of aromatic amines is 1. The Morgan fingerprint density at radius 1 is 1.65 bits per heavy atom. The predicted molar refractivity (Wildman–Crippen MR) is 67.9 cm³/mol. The van der Waals surface area contributed by atoms with Gasteiger partial charge in [0.2, 0.25) is 5.91 Å². The molecule has 2 aromatic rings. The minimum atomic E-state index is 0.0831. The molecule has 17 heavy (non-hydrogen) atoms. The third kappa shape index (κ3) is 3.57. The van der Waals surface area contributed by atoms with Gasteiger partial charge >= 0.3 is 0 Å². The van der Waals surface area contributed by atoms with E-state index in [-0.39, 0.29) is 5.91 Å². The van der Waals surface area contributed by atoms with Gasteiger partial charge in [0.15, 0.2) is 0 Å². The third-order valence-electron chi connectivity index (χ3n) is 2.11. The highest BCUT2D eigenvalue weighted by Gasteiger charge is 2.11. The summed E-state index contributed by atoms with van der Waals surface area (Å²) in [6.45, 7) is 0.462. The van der Waals surface area contributed by atoms with Crippen molar-refractivity contribution in [2.45, 2.75) is 10.8 Å². The van der Waals surface area contributed by atoms with Crippen molar-refractivity contribution in [3.63, 3.8) is 0 Å². The Morgan fingerprint density at radius 3 is 3.18 bits per heavy atom. The van der Waals surface area contributed by atoms with Crippen molar-refractivity contribution in [3.05, 3.63) is 29.7 Å². The third-order valence-corrected chi connectivity index (χ3v) is 4.23. The van der Waals surface area contributed by atoms with Crippen LogP contribution in [0, 0.1) is 0 Å². The van der Waals surface area contributed by atoms with E-state index in [0.29, 0.717) is 18.1 Å². The van der Waals surface area contributed by atoms with Gasteiger partial charge in [-0.15, -0.1) is 23.1 Å². The number of carbonyl (C=O) groups excluding carboxylic acids is 1. The van der Waals surface area contributed by atoms with Gasteiger partial charge in [0.05, 0.1) is 16.5 Å². The fourth-order valence-electron chi connectivity index (χ4n) is 1.21. The van der Waals surface area contributed by atoms with Gasteiger partial charge in [0.1, 0.15) is 12.2 Å². The fourth-order valence-corrected chi connectivity index (χ4v) is 2.93. The minimum absolute atomic E-state index is 0.0831. The molecule has 0 radical (unpaired) electrons. The van der Waals surface area contributed by atoms with E-state index in [0.717, 1.165) is 4.21 Å². The average Bonchev–Trinajstić information content (AvgIpc) is 2.98. The number of hydrogen-bond acceptors (Lipinski definition) is 5. The second-order valence-electron chi connectivity index (χ2n) is 3.40. The standard InChI is InChI=1S/C10H12N4OS2/c1-14(5-8-11-7-12-13-8)9(15)6-17-10-3-2-4-16-10/h2-4,7H,5-6H2,1H3,(H,11,12,13). The molecule has 0 bridgehead atoms. The van der Waals surface area contributed by atoms with E-state index in [1.165, 1.54) is 6.33 Å². The van der Waals surface area contributed by atoms with Gasteiger partial charge in [-0.3, -0.25) is 9.89 Å². The monoisotopic (exact) mass is 268 g/mol. The van der Waals surface area contributed by atoms with Crippen LogP contribution in [-0.4, -0.2) is 38.8 Å². The van der Waals surface area contributed by atoms with Crippen LogP contribution in [0.25, 0.3) is 0 Å². The van der Waals surface area contributed by atoms with Crippen LogP contribution in [-0.2, 0) is 11.3 Å². The van der Waals surface area contributed by atoms with Gasteiger partial charge in [-0.05, 0) is 11.4 Å². The molecule has 1 N–H and O–H groups in total. The molecule has 0 aromatic carbocycles. The topological polar surface area (TPSA) is 61.9 Å². The SMILES string of the molecule is CN(Cc1ncn[nH]1)C(=O)CSc1cccs1. The first-order valence-electron chi connectivity index (χ1n) is 5.00. The van der Waals surface area contributed by atoms with Gasteiger partial charge < -0.3 is 4.90 Å². The normalized spacial score (nSPS) is 10.4. The molecule has 0 aliphatic heterocycles. The Labute approximate surface area is 107 Å². The summed E-state index contributed by atoms with van der Waals surface area (Å²) in [7, 11) is 1.76. The number of nitrogens with one attached hydrogen (secondary N) is 1. The maximum absolute atomic E-state index is 11.8. The summed E-state index contributed by atoms with van der Waals surface area (Å²) in [5, 5.41) is 8.48. The molecule has 7 heteroatoms. The zero-order valence-electron chi connectivity index (χ0n) is 9.29. The molecular formula is C10H12N4OS2. The van der Waals surface area contributed by atoms with Gasteiger partial charge in [0, 0.05) is 7.05 Å². The molecule has 0 fully saturated rings. The quantitative estimate of drug-likeness (QED) is 0.837. The van der Waals surface area contributed by atoms with Crippen molar-refractivity contribution in [2.24, 2.45) is 0 Å². The van der Waals surface area contributed by atoms with Crippen LogP contribution in [0.2, 0.25) is 0 Å². The number of nitrogens with zero attached hydrogens (tertiary/aromatic N) is 3. The lowest BCUT2D eigenvalue weighted by atomic mass is 10.5. The highest BCUT2D eigenvalue weighted by molar-refractivity contribution is 8.01. The van der Waals surface area contributed by atoms with E-state index < -0.39 is 0 Å². The van der Waals surface area contributed by atoms with Crippen molar-refractivity contribution in [1.82, 2.24) is 20.1 Å². The van der Waals surface area contributed by atoms with Gasteiger partial charge in [-0.1, -0.05) is 6.07 Å². The minimum Gasteiger partial charge on any atom is -0.338 e. The number of H-pyrrole nitrogens is 1. The number of thioether (sulfide) groups is 1. The lowest BCUT2D eigenvalue weighted by Crippen LogP contribution is -2.28. The number of hydrogen-bond donors (Lipinski definition) is 1. The van der Waals surface area contributed by atoms with E-state index >= 15 is 0 Å². The van der Waals surface area contributed by atoms with Gasteiger partial charge in [-0.2, -0.15) is 5.10 Å². The van der Waals surface area contributed by atoms with Crippen LogP contribution in [0.5, 0.6) is 0 Å². The number of amides is 1. The molecule has 0 spiro atoms. The first-order valence-corrected chi connectivity index (χ1v) is 6.87. The molecule has 2 heterocycles. The summed E-state index contributed by atoms with van der Waals surface area (Å²) < 4.78 is 1.16. The molecule has 1 amide bonds. The molecule has 0 saturated heterocycles. The smallest absolute Gasteiger partial charge is 0.233 e. The molecule has 5 nitrogen and oxygen atoms in total. The zero-order valence-corrected chi connectivity index (χ0v) is 10.9. The van der Waals surface area contributed by atoms with Crippen molar-refractivity contribution in [3.8, 4) is 0 Å². The molecule has 0 aliphatic rings. The van der Waals surface area contributed by atoms with Crippen molar-refractivity contribution >= 4 is 29.0 Å². The van der Waals surface area contributed by atoms with E-state index in [1.807, 2.05) is 17.5 Å². The van der Waals surface area contributed by atoms with E-state index in [2.05, 4.69) is 15.2 Å². The van der Waals surface area contributed by atoms with E-state index in [9.17, 15) is 4.79 Å². The van der Waals surface area contributed by atoms with Crippen LogP contribution in [0.15, 0.2) is 28.0 Å². The molecule has 2 rings (SSSR count). The van der Waals surface area contributed by atoms with Gasteiger partial charge in [0.25, 0.3) is 0 Å². The van der Waals surface area contributed by atoms with Crippen molar-refractivity contribution in [2.75, 3.05) is 12.8 Å². The molecule has 2 aromatic heterocycles. The summed E-state index contributed by atoms with van der Waals surface area (Å²) in [6, 6.07) is 3.99. The maximum atomic E-state index is 11.8. The van der Waals surface area contributed by atoms with Crippen LogP contribution in [0.1, 0.15) is 5.82 Å². The summed E-state index contributed by atoms with van der Waals surface area (Å²) in [4.78, 5) is 17.4. The zero-order chi connectivity index (χ0) is 12.1. The summed E-state index contributed by atoms with van der Waals surface area (Å²) in [6.07, 6.45) is 1.44. The van der Waals surface area contributed by atoms with Crippen LogP contribution in [0.4, 0.5) is 0 Å².